The molecule has 166 valence electrons. The predicted molar refractivity (Wildman–Crippen MR) is 135 cm³/mol. The number of thioether (sulfide) groups is 1. The molecule has 8 heteroatoms. The lowest BCUT2D eigenvalue weighted by Crippen LogP contribution is -2.27. The van der Waals surface area contributed by atoms with Gasteiger partial charge in [-0.25, -0.2) is 0 Å². The standard InChI is InChI=1S/C25H20N2O4S2/c1-16-6-9-21(12-17(16)2)26-24(28)23(33-25(26)32)14-19-4-3-5-22(13-19)31-15-18-7-10-20(11-8-18)27(29)30/h3-14H,15H2,1-2H3/b23-14-. The molecule has 0 saturated carbocycles. The van der Waals surface area contributed by atoms with Gasteiger partial charge in [0.1, 0.15) is 12.4 Å². The molecule has 0 spiro atoms. The highest BCUT2D eigenvalue weighted by atomic mass is 32.2. The van der Waals surface area contributed by atoms with Gasteiger partial charge in [-0.15, -0.1) is 0 Å². The number of amides is 1. The highest BCUT2D eigenvalue weighted by molar-refractivity contribution is 8.27. The van der Waals surface area contributed by atoms with Gasteiger partial charge in [0.15, 0.2) is 4.32 Å². The summed E-state index contributed by atoms with van der Waals surface area (Å²) >= 11 is 6.75. The fraction of sp³-hybridized carbons (Fsp3) is 0.120. The molecule has 0 N–H and O–H groups in total. The van der Waals surface area contributed by atoms with E-state index in [9.17, 15) is 14.9 Å². The van der Waals surface area contributed by atoms with Gasteiger partial charge < -0.3 is 4.74 Å². The van der Waals surface area contributed by atoms with Gasteiger partial charge in [0.2, 0.25) is 0 Å². The second-order valence-electron chi connectivity index (χ2n) is 7.57. The molecule has 1 aliphatic rings. The first kappa shape index (κ1) is 22.7. The van der Waals surface area contributed by atoms with Gasteiger partial charge in [0.25, 0.3) is 11.6 Å². The zero-order chi connectivity index (χ0) is 23.5. The fourth-order valence-electron chi connectivity index (χ4n) is 3.28. The van der Waals surface area contributed by atoms with Crippen LogP contribution in [0, 0.1) is 24.0 Å². The van der Waals surface area contributed by atoms with Crippen molar-refractivity contribution in [2.24, 2.45) is 0 Å². The van der Waals surface area contributed by atoms with Crippen LogP contribution in [0.3, 0.4) is 0 Å². The lowest BCUT2D eigenvalue weighted by molar-refractivity contribution is -0.384. The number of hydrogen-bond donors (Lipinski definition) is 0. The van der Waals surface area contributed by atoms with Gasteiger partial charge in [-0.1, -0.05) is 42.2 Å². The van der Waals surface area contributed by atoms with Crippen LogP contribution >= 0.6 is 24.0 Å². The molecule has 4 rings (SSSR count). The van der Waals surface area contributed by atoms with E-state index in [4.69, 9.17) is 17.0 Å². The van der Waals surface area contributed by atoms with Crippen LogP contribution in [-0.4, -0.2) is 15.2 Å². The minimum Gasteiger partial charge on any atom is -0.489 e. The molecule has 0 aliphatic carbocycles. The van der Waals surface area contributed by atoms with Crippen molar-refractivity contribution in [1.82, 2.24) is 0 Å². The molecule has 3 aromatic rings. The summed E-state index contributed by atoms with van der Waals surface area (Å²) in [6.45, 7) is 4.31. The topological polar surface area (TPSA) is 72.7 Å². The van der Waals surface area contributed by atoms with Crippen LogP contribution in [0.4, 0.5) is 11.4 Å². The number of anilines is 1. The molecular weight excluding hydrogens is 456 g/mol. The van der Waals surface area contributed by atoms with Gasteiger partial charge in [0.05, 0.1) is 15.5 Å². The van der Waals surface area contributed by atoms with Gasteiger partial charge in [-0.2, -0.15) is 0 Å². The summed E-state index contributed by atoms with van der Waals surface area (Å²) in [7, 11) is 0. The number of thiocarbonyl (C=S) groups is 1. The molecule has 1 saturated heterocycles. The van der Waals surface area contributed by atoms with E-state index < -0.39 is 4.92 Å². The largest absolute Gasteiger partial charge is 0.489 e. The van der Waals surface area contributed by atoms with Crippen LogP contribution < -0.4 is 9.64 Å². The minimum absolute atomic E-state index is 0.0406. The van der Waals surface area contributed by atoms with E-state index in [1.807, 2.05) is 56.3 Å². The molecule has 0 aromatic heterocycles. The maximum absolute atomic E-state index is 13.1. The maximum atomic E-state index is 13.1. The third-order valence-electron chi connectivity index (χ3n) is 5.25. The van der Waals surface area contributed by atoms with Crippen LogP contribution in [0.2, 0.25) is 0 Å². The molecule has 3 aromatic carbocycles. The van der Waals surface area contributed by atoms with Crippen molar-refractivity contribution in [2.45, 2.75) is 20.5 Å². The Hall–Kier alpha value is -3.49. The zero-order valence-electron chi connectivity index (χ0n) is 18.0. The molecular formula is C25H20N2O4S2. The first-order valence-electron chi connectivity index (χ1n) is 10.1. The molecule has 0 radical (unpaired) electrons. The summed E-state index contributed by atoms with van der Waals surface area (Å²) in [6.07, 6.45) is 1.80. The highest BCUT2D eigenvalue weighted by Crippen LogP contribution is 2.36. The van der Waals surface area contributed by atoms with Crippen molar-refractivity contribution in [3.05, 3.63) is 104 Å². The van der Waals surface area contributed by atoms with Crippen LogP contribution in [0.5, 0.6) is 5.75 Å². The van der Waals surface area contributed by atoms with Crippen LogP contribution in [-0.2, 0) is 11.4 Å². The Balaban J connectivity index is 1.48. The SMILES string of the molecule is Cc1ccc(N2C(=O)/C(=C/c3cccc(OCc4ccc([N+](=O)[O-])cc4)c3)SC2=S)cc1C. The first-order valence-corrected chi connectivity index (χ1v) is 11.4. The lowest BCUT2D eigenvalue weighted by atomic mass is 10.1. The van der Waals surface area contributed by atoms with E-state index in [2.05, 4.69) is 0 Å². The monoisotopic (exact) mass is 476 g/mol. The zero-order valence-corrected chi connectivity index (χ0v) is 19.6. The predicted octanol–water partition coefficient (Wildman–Crippen LogP) is 6.20. The van der Waals surface area contributed by atoms with Gasteiger partial charge in [0, 0.05) is 12.1 Å². The molecule has 0 atom stereocenters. The maximum Gasteiger partial charge on any atom is 0.270 e. The fourth-order valence-corrected chi connectivity index (χ4v) is 4.58. The van der Waals surface area contributed by atoms with Gasteiger partial charge >= 0.3 is 0 Å². The number of nitro benzene ring substituents is 1. The average Bonchev–Trinajstić information content (AvgIpc) is 3.07. The van der Waals surface area contributed by atoms with E-state index in [-0.39, 0.29) is 18.2 Å². The van der Waals surface area contributed by atoms with E-state index in [0.717, 1.165) is 27.9 Å². The Morgan fingerprint density at radius 3 is 2.52 bits per heavy atom. The number of non-ortho nitro benzene ring substituents is 1. The number of rotatable bonds is 6. The third-order valence-corrected chi connectivity index (χ3v) is 6.55. The summed E-state index contributed by atoms with van der Waals surface area (Å²) in [6, 6.07) is 19.5. The quantitative estimate of drug-likeness (QED) is 0.183. The molecule has 0 unspecified atom stereocenters. The van der Waals surface area contributed by atoms with Crippen LogP contribution in [0.1, 0.15) is 22.3 Å². The minimum atomic E-state index is -0.434. The molecule has 0 bridgehead atoms. The molecule has 1 fully saturated rings. The van der Waals surface area contributed by atoms with Crippen LogP contribution in [0.25, 0.3) is 6.08 Å². The number of carbonyl (C=O) groups is 1. The van der Waals surface area contributed by atoms with Crippen molar-refractivity contribution in [3.8, 4) is 5.75 Å². The van der Waals surface area contributed by atoms with E-state index in [1.165, 1.54) is 23.9 Å². The van der Waals surface area contributed by atoms with Gasteiger partial charge in [-0.05, 0) is 78.6 Å². The number of nitro groups is 1. The van der Waals surface area contributed by atoms with Crippen molar-refractivity contribution in [1.29, 1.82) is 0 Å². The molecule has 6 nitrogen and oxygen atoms in total. The second-order valence-corrected chi connectivity index (χ2v) is 9.25. The van der Waals surface area contributed by atoms with E-state index in [1.54, 1.807) is 23.1 Å². The summed E-state index contributed by atoms with van der Waals surface area (Å²) < 4.78 is 6.33. The molecule has 33 heavy (non-hydrogen) atoms. The van der Waals surface area contributed by atoms with Crippen molar-refractivity contribution >= 4 is 51.7 Å². The highest BCUT2D eigenvalue weighted by Gasteiger charge is 2.33. The van der Waals surface area contributed by atoms with Crippen molar-refractivity contribution in [3.63, 3.8) is 0 Å². The van der Waals surface area contributed by atoms with E-state index >= 15 is 0 Å². The van der Waals surface area contributed by atoms with E-state index in [0.29, 0.717) is 15.0 Å². The first-order chi connectivity index (χ1) is 15.8. The van der Waals surface area contributed by atoms with Crippen molar-refractivity contribution in [2.75, 3.05) is 4.90 Å². The number of nitrogens with zero attached hydrogens (tertiary/aromatic N) is 2. The summed E-state index contributed by atoms with van der Waals surface area (Å²) in [4.78, 5) is 25.5. The second kappa shape index (κ2) is 9.56. The number of ether oxygens (including phenoxy) is 1. The normalized spacial score (nSPS) is 14.7. The number of aryl methyl sites for hydroxylation is 2. The smallest absolute Gasteiger partial charge is 0.270 e. The van der Waals surface area contributed by atoms with Gasteiger partial charge in [-0.3, -0.25) is 19.8 Å². The number of hydrogen-bond acceptors (Lipinski definition) is 6. The average molecular weight is 477 g/mol. The molecule has 1 amide bonds. The molecule has 1 heterocycles. The third kappa shape index (κ3) is 5.13. The Labute approximate surface area is 201 Å². The Morgan fingerprint density at radius 2 is 1.82 bits per heavy atom. The Morgan fingerprint density at radius 1 is 1.06 bits per heavy atom. The summed E-state index contributed by atoms with van der Waals surface area (Å²) in [5.41, 5.74) is 4.70. The number of carbonyl (C=O) groups excluding carboxylic acids is 1. The van der Waals surface area contributed by atoms with Crippen molar-refractivity contribution < 1.29 is 14.5 Å². The number of benzene rings is 3. The Kier molecular flexibility index (Phi) is 6.57. The summed E-state index contributed by atoms with van der Waals surface area (Å²) in [5.74, 6) is 0.484. The lowest BCUT2D eigenvalue weighted by Gasteiger charge is -2.15. The molecule has 1 aliphatic heterocycles. The Bertz CT molecular complexity index is 1290. The van der Waals surface area contributed by atoms with Crippen LogP contribution in [0.15, 0.2) is 71.6 Å². The summed E-state index contributed by atoms with van der Waals surface area (Å²) in [5, 5.41) is 10.8.